The molecule has 2 N–H and O–H groups in total. The van der Waals surface area contributed by atoms with E-state index in [2.05, 4.69) is 10.6 Å². The number of amides is 1. The molecule has 1 heterocycles. The van der Waals surface area contributed by atoms with E-state index in [1.165, 1.54) is 6.07 Å². The minimum atomic E-state index is -0.894. The molecule has 0 saturated carbocycles. The highest BCUT2D eigenvalue weighted by Gasteiger charge is 2.22. The first-order chi connectivity index (χ1) is 9.08. The number of piperidine rings is 1. The fourth-order valence-electron chi connectivity index (χ4n) is 2.25. The van der Waals surface area contributed by atoms with Gasteiger partial charge in [0.15, 0.2) is 11.6 Å². The van der Waals surface area contributed by atoms with Gasteiger partial charge in [0.25, 0.3) is 0 Å². The third-order valence-electron chi connectivity index (χ3n) is 3.43. The predicted molar refractivity (Wildman–Crippen MR) is 75.8 cm³/mol. The lowest BCUT2D eigenvalue weighted by Crippen LogP contribution is -2.47. The summed E-state index contributed by atoms with van der Waals surface area (Å²) in [6.45, 7) is 2.60. The normalized spacial score (nSPS) is 19.9. The Bertz CT molecular complexity index is 464. The van der Waals surface area contributed by atoms with Crippen LogP contribution in [0.4, 0.5) is 8.78 Å². The van der Waals surface area contributed by atoms with Crippen molar-refractivity contribution in [2.24, 2.45) is 0 Å². The molecular weight excluding hydrogens is 286 g/mol. The molecule has 20 heavy (non-hydrogen) atoms. The van der Waals surface area contributed by atoms with Crippen LogP contribution in [0.5, 0.6) is 0 Å². The van der Waals surface area contributed by atoms with Crippen molar-refractivity contribution in [3.63, 3.8) is 0 Å². The maximum atomic E-state index is 13.1. The summed E-state index contributed by atoms with van der Waals surface area (Å²) in [7, 11) is 0. The first-order valence-corrected chi connectivity index (χ1v) is 6.56. The Morgan fingerprint density at radius 1 is 1.35 bits per heavy atom. The SMILES string of the molecule is CC(NC(=O)[C@H]1CCCCN1)c1ccc(F)c(F)c1.Cl. The highest BCUT2D eigenvalue weighted by atomic mass is 35.5. The predicted octanol–water partition coefficient (Wildman–Crippen LogP) is 2.71. The third kappa shape index (κ3) is 4.15. The molecule has 0 aromatic heterocycles. The van der Waals surface area contributed by atoms with Gasteiger partial charge in [-0.05, 0) is 44.0 Å². The van der Waals surface area contributed by atoms with Gasteiger partial charge in [-0.25, -0.2) is 8.78 Å². The Labute approximate surface area is 123 Å². The fraction of sp³-hybridized carbons (Fsp3) is 0.500. The van der Waals surface area contributed by atoms with Gasteiger partial charge < -0.3 is 10.6 Å². The van der Waals surface area contributed by atoms with Gasteiger partial charge >= 0.3 is 0 Å². The van der Waals surface area contributed by atoms with Crippen LogP contribution >= 0.6 is 12.4 Å². The Balaban J connectivity index is 0.00000200. The standard InChI is InChI=1S/C14H18F2N2O.ClH/c1-9(10-5-6-11(15)12(16)8-10)18-14(19)13-4-2-3-7-17-13;/h5-6,8-9,13,17H,2-4,7H2,1H3,(H,18,19);1H/t9?,13-;/m1./s1. The Morgan fingerprint density at radius 2 is 2.10 bits per heavy atom. The average molecular weight is 305 g/mol. The van der Waals surface area contributed by atoms with Crippen molar-refractivity contribution in [3.8, 4) is 0 Å². The summed E-state index contributed by atoms with van der Waals surface area (Å²) in [4.78, 5) is 12.0. The molecule has 1 amide bonds. The lowest BCUT2D eigenvalue weighted by molar-refractivity contribution is -0.124. The second-order valence-electron chi connectivity index (χ2n) is 4.91. The van der Waals surface area contributed by atoms with Crippen LogP contribution in [0.3, 0.4) is 0 Å². The summed E-state index contributed by atoms with van der Waals surface area (Å²) in [5.74, 6) is -1.86. The van der Waals surface area contributed by atoms with Crippen molar-refractivity contribution in [2.45, 2.75) is 38.3 Å². The van der Waals surface area contributed by atoms with Gasteiger partial charge in [-0.2, -0.15) is 0 Å². The molecule has 1 aliphatic heterocycles. The van der Waals surface area contributed by atoms with E-state index in [-0.39, 0.29) is 30.4 Å². The summed E-state index contributed by atoms with van der Waals surface area (Å²) in [5.41, 5.74) is 0.558. The minimum absolute atomic E-state index is 0. The quantitative estimate of drug-likeness (QED) is 0.901. The summed E-state index contributed by atoms with van der Waals surface area (Å²) < 4.78 is 26.0. The van der Waals surface area contributed by atoms with Crippen LogP contribution in [-0.2, 0) is 4.79 Å². The van der Waals surface area contributed by atoms with Gasteiger partial charge in [0.05, 0.1) is 12.1 Å². The van der Waals surface area contributed by atoms with Crippen LogP contribution in [0, 0.1) is 11.6 Å². The highest BCUT2D eigenvalue weighted by molar-refractivity contribution is 5.85. The molecule has 0 radical (unpaired) electrons. The van der Waals surface area contributed by atoms with Crippen LogP contribution in [0.25, 0.3) is 0 Å². The zero-order chi connectivity index (χ0) is 13.8. The molecule has 1 fully saturated rings. The lowest BCUT2D eigenvalue weighted by Gasteiger charge is -2.24. The molecule has 1 saturated heterocycles. The summed E-state index contributed by atoms with van der Waals surface area (Å²) in [6.07, 6.45) is 2.93. The van der Waals surface area contributed by atoms with E-state index in [1.807, 2.05) is 0 Å². The zero-order valence-electron chi connectivity index (χ0n) is 11.3. The van der Waals surface area contributed by atoms with E-state index in [0.717, 1.165) is 37.9 Å². The molecule has 0 aliphatic carbocycles. The van der Waals surface area contributed by atoms with E-state index in [9.17, 15) is 13.6 Å². The maximum Gasteiger partial charge on any atom is 0.237 e. The van der Waals surface area contributed by atoms with Crippen molar-refractivity contribution in [1.29, 1.82) is 0 Å². The maximum absolute atomic E-state index is 13.1. The largest absolute Gasteiger partial charge is 0.348 e. The van der Waals surface area contributed by atoms with E-state index in [4.69, 9.17) is 0 Å². The number of nitrogens with one attached hydrogen (secondary N) is 2. The molecule has 112 valence electrons. The van der Waals surface area contributed by atoms with Crippen LogP contribution in [0.15, 0.2) is 18.2 Å². The van der Waals surface area contributed by atoms with Gasteiger partial charge in [0.2, 0.25) is 5.91 Å². The molecular formula is C14H19ClF2N2O. The summed E-state index contributed by atoms with van der Waals surface area (Å²) in [6, 6.07) is 3.16. The summed E-state index contributed by atoms with van der Waals surface area (Å²) >= 11 is 0. The van der Waals surface area contributed by atoms with Crippen LogP contribution in [0.1, 0.15) is 37.8 Å². The van der Waals surface area contributed by atoms with Crippen molar-refractivity contribution in [3.05, 3.63) is 35.4 Å². The molecule has 0 bridgehead atoms. The number of carbonyl (C=O) groups is 1. The number of halogens is 3. The second kappa shape index (κ2) is 7.55. The number of hydrogen-bond donors (Lipinski definition) is 2. The van der Waals surface area contributed by atoms with Crippen molar-refractivity contribution in [2.75, 3.05) is 6.54 Å². The van der Waals surface area contributed by atoms with Crippen LogP contribution in [0.2, 0.25) is 0 Å². The van der Waals surface area contributed by atoms with Gasteiger partial charge in [-0.1, -0.05) is 12.5 Å². The molecule has 1 unspecified atom stereocenters. The Morgan fingerprint density at radius 3 is 2.70 bits per heavy atom. The first-order valence-electron chi connectivity index (χ1n) is 6.56. The van der Waals surface area contributed by atoms with E-state index in [0.29, 0.717) is 5.56 Å². The lowest BCUT2D eigenvalue weighted by atomic mass is 10.0. The fourth-order valence-corrected chi connectivity index (χ4v) is 2.25. The number of rotatable bonds is 3. The molecule has 1 aromatic carbocycles. The highest BCUT2D eigenvalue weighted by Crippen LogP contribution is 2.16. The monoisotopic (exact) mass is 304 g/mol. The zero-order valence-corrected chi connectivity index (χ0v) is 12.1. The van der Waals surface area contributed by atoms with Crippen molar-refractivity contribution in [1.82, 2.24) is 10.6 Å². The topological polar surface area (TPSA) is 41.1 Å². The third-order valence-corrected chi connectivity index (χ3v) is 3.43. The van der Waals surface area contributed by atoms with E-state index in [1.54, 1.807) is 6.92 Å². The molecule has 3 nitrogen and oxygen atoms in total. The first kappa shape index (κ1) is 16.9. The van der Waals surface area contributed by atoms with E-state index < -0.39 is 11.6 Å². The molecule has 0 spiro atoms. The van der Waals surface area contributed by atoms with Crippen LogP contribution in [-0.4, -0.2) is 18.5 Å². The molecule has 1 aromatic rings. The van der Waals surface area contributed by atoms with Crippen LogP contribution < -0.4 is 10.6 Å². The van der Waals surface area contributed by atoms with Gasteiger partial charge in [0.1, 0.15) is 0 Å². The number of carbonyl (C=O) groups excluding carboxylic acids is 1. The Kier molecular flexibility index (Phi) is 6.36. The smallest absolute Gasteiger partial charge is 0.237 e. The second-order valence-corrected chi connectivity index (χ2v) is 4.91. The van der Waals surface area contributed by atoms with E-state index >= 15 is 0 Å². The minimum Gasteiger partial charge on any atom is -0.348 e. The molecule has 2 atom stereocenters. The molecule has 1 aliphatic rings. The van der Waals surface area contributed by atoms with Gasteiger partial charge in [-0.15, -0.1) is 12.4 Å². The molecule has 6 heteroatoms. The van der Waals surface area contributed by atoms with Crippen molar-refractivity contribution >= 4 is 18.3 Å². The number of benzene rings is 1. The van der Waals surface area contributed by atoms with Crippen molar-refractivity contribution < 1.29 is 13.6 Å². The van der Waals surface area contributed by atoms with Gasteiger partial charge in [0, 0.05) is 0 Å². The number of hydrogen-bond acceptors (Lipinski definition) is 2. The van der Waals surface area contributed by atoms with Gasteiger partial charge in [-0.3, -0.25) is 4.79 Å². The molecule has 2 rings (SSSR count). The summed E-state index contributed by atoms with van der Waals surface area (Å²) in [5, 5.41) is 5.97. The average Bonchev–Trinajstić information content (AvgIpc) is 2.42. The Hall–Kier alpha value is -1.20.